The normalized spacial score (nSPS) is 14.2. The smallest absolute Gasteiger partial charge is 0.0470 e. The molecule has 0 aliphatic carbocycles. The second kappa shape index (κ2) is 7.89. The molecule has 1 aliphatic heterocycles. The molecule has 1 aliphatic rings. The number of hydrogen-bond acceptors (Lipinski definition) is 2. The Morgan fingerprint density at radius 1 is 1.27 bits per heavy atom. The van der Waals surface area contributed by atoms with E-state index in [1.165, 1.54) is 0 Å². The van der Waals surface area contributed by atoms with Crippen molar-refractivity contribution in [2.45, 2.75) is 6.92 Å². The van der Waals surface area contributed by atoms with E-state index in [1.807, 2.05) is 31.4 Å². The van der Waals surface area contributed by atoms with Crippen molar-refractivity contribution >= 4 is 0 Å². The Kier molecular flexibility index (Phi) is 6.21. The van der Waals surface area contributed by atoms with Gasteiger partial charge in [-0.05, 0) is 30.2 Å². The van der Waals surface area contributed by atoms with Gasteiger partial charge in [0.1, 0.15) is 0 Å². The summed E-state index contributed by atoms with van der Waals surface area (Å²) in [4.78, 5) is 2.06. The number of nitrogens with one attached hydrogen (secondary N) is 1. The Morgan fingerprint density at radius 2 is 1.95 bits per heavy atom. The van der Waals surface area contributed by atoms with Crippen LogP contribution in [0.3, 0.4) is 0 Å². The fraction of sp³-hybridized carbons (Fsp3) is 0.100. The molecule has 0 saturated carbocycles. The Labute approximate surface area is 134 Å². The molecule has 0 amide bonds. The van der Waals surface area contributed by atoms with Gasteiger partial charge in [-0.3, -0.25) is 0 Å². The first kappa shape index (κ1) is 17.3. The minimum absolute atomic E-state index is 0.660. The van der Waals surface area contributed by atoms with Gasteiger partial charge in [-0.15, -0.1) is 0 Å². The number of allylic oxidation sites excluding steroid dienone is 5. The Hall–Kier alpha value is -2.74. The molecule has 1 N–H and O–H groups in total. The van der Waals surface area contributed by atoms with Gasteiger partial charge in [0.25, 0.3) is 0 Å². The first-order valence-corrected chi connectivity index (χ1v) is 6.99. The standard InChI is InChI=1S/C20H24N2/c1-8-10-11-15(3)13-22-14-16(4)12-20(19(22)7)18(6)21-17(5)9-2/h8-12,14,21H,1-3,5-7,13H2,4H3/b11-10-. The third-order valence-corrected chi connectivity index (χ3v) is 3.11. The molecule has 0 bridgehead atoms. The molecule has 0 spiro atoms. The fourth-order valence-corrected chi connectivity index (χ4v) is 2.02. The van der Waals surface area contributed by atoms with E-state index < -0.39 is 0 Å². The van der Waals surface area contributed by atoms with Crippen LogP contribution in [-0.2, 0) is 0 Å². The van der Waals surface area contributed by atoms with Crippen molar-refractivity contribution in [1.29, 1.82) is 0 Å². The third kappa shape index (κ3) is 4.67. The van der Waals surface area contributed by atoms with Gasteiger partial charge in [-0.1, -0.05) is 57.7 Å². The van der Waals surface area contributed by atoms with E-state index >= 15 is 0 Å². The largest absolute Gasteiger partial charge is 0.356 e. The summed E-state index contributed by atoms with van der Waals surface area (Å²) in [6, 6.07) is 0. The highest BCUT2D eigenvalue weighted by Gasteiger charge is 2.17. The van der Waals surface area contributed by atoms with Crippen molar-refractivity contribution in [1.82, 2.24) is 10.2 Å². The maximum absolute atomic E-state index is 4.17. The quantitative estimate of drug-likeness (QED) is 0.650. The zero-order valence-electron chi connectivity index (χ0n) is 13.4. The SMILES string of the molecule is C=C/C=C\C(=C)CN1C=C(C)C=C(C(=C)NC(=C)C=C)C1=C. The highest BCUT2D eigenvalue weighted by atomic mass is 15.1. The molecule has 0 aromatic carbocycles. The summed E-state index contributed by atoms with van der Waals surface area (Å²) in [7, 11) is 0. The average molecular weight is 292 g/mol. The summed E-state index contributed by atoms with van der Waals surface area (Å²) >= 11 is 0. The van der Waals surface area contributed by atoms with Crippen molar-refractivity contribution in [2.75, 3.05) is 6.54 Å². The molecule has 0 unspecified atom stereocenters. The van der Waals surface area contributed by atoms with Gasteiger partial charge in [0, 0.05) is 35.4 Å². The molecular formula is C20H24N2. The van der Waals surface area contributed by atoms with Crippen LogP contribution >= 0.6 is 0 Å². The number of nitrogens with zero attached hydrogens (tertiary/aromatic N) is 1. The molecule has 0 fully saturated rings. The van der Waals surface area contributed by atoms with Crippen LogP contribution in [0.15, 0.2) is 110 Å². The van der Waals surface area contributed by atoms with Gasteiger partial charge in [-0.25, -0.2) is 0 Å². The van der Waals surface area contributed by atoms with Gasteiger partial charge < -0.3 is 10.2 Å². The van der Waals surface area contributed by atoms with Gasteiger partial charge >= 0.3 is 0 Å². The summed E-state index contributed by atoms with van der Waals surface area (Å²) in [6.45, 7) is 26.2. The zero-order valence-corrected chi connectivity index (χ0v) is 13.4. The van der Waals surface area contributed by atoms with Crippen molar-refractivity contribution in [3.05, 3.63) is 110 Å². The minimum atomic E-state index is 0.660. The minimum Gasteiger partial charge on any atom is -0.356 e. The van der Waals surface area contributed by atoms with Crippen LogP contribution in [0.2, 0.25) is 0 Å². The molecule has 0 saturated heterocycles. The number of hydrogen-bond donors (Lipinski definition) is 1. The second-order valence-corrected chi connectivity index (χ2v) is 5.09. The third-order valence-electron chi connectivity index (χ3n) is 3.11. The predicted octanol–water partition coefficient (Wildman–Crippen LogP) is 4.75. The van der Waals surface area contributed by atoms with Crippen molar-refractivity contribution in [3.8, 4) is 0 Å². The van der Waals surface area contributed by atoms with Crippen LogP contribution in [0, 0.1) is 0 Å². The lowest BCUT2D eigenvalue weighted by molar-refractivity contribution is 0.510. The molecule has 0 radical (unpaired) electrons. The van der Waals surface area contributed by atoms with Crippen LogP contribution in [0.5, 0.6) is 0 Å². The molecule has 1 rings (SSSR count). The van der Waals surface area contributed by atoms with Crippen LogP contribution < -0.4 is 5.32 Å². The summed E-state index contributed by atoms with van der Waals surface area (Å²) in [5.74, 6) is 0. The van der Waals surface area contributed by atoms with E-state index in [9.17, 15) is 0 Å². The molecule has 1 heterocycles. The zero-order chi connectivity index (χ0) is 16.7. The van der Waals surface area contributed by atoms with Crippen LogP contribution in [-0.4, -0.2) is 11.4 Å². The number of rotatable bonds is 8. The lowest BCUT2D eigenvalue weighted by Crippen LogP contribution is -2.25. The molecular weight excluding hydrogens is 268 g/mol. The fourth-order valence-electron chi connectivity index (χ4n) is 2.02. The summed E-state index contributed by atoms with van der Waals surface area (Å²) in [5.41, 5.74) is 5.36. The summed E-state index contributed by atoms with van der Waals surface area (Å²) < 4.78 is 0. The summed E-state index contributed by atoms with van der Waals surface area (Å²) in [5, 5.41) is 3.12. The average Bonchev–Trinajstić information content (AvgIpc) is 2.48. The van der Waals surface area contributed by atoms with Crippen molar-refractivity contribution in [2.24, 2.45) is 0 Å². The van der Waals surface area contributed by atoms with E-state index in [4.69, 9.17) is 0 Å². The highest BCUT2D eigenvalue weighted by molar-refractivity contribution is 5.51. The van der Waals surface area contributed by atoms with Gasteiger partial charge in [0.15, 0.2) is 0 Å². The van der Waals surface area contributed by atoms with Crippen LogP contribution in [0.4, 0.5) is 0 Å². The summed E-state index contributed by atoms with van der Waals surface area (Å²) in [6.07, 6.45) is 11.3. The highest BCUT2D eigenvalue weighted by Crippen LogP contribution is 2.27. The molecule has 2 heteroatoms. The van der Waals surface area contributed by atoms with Crippen LogP contribution in [0.1, 0.15) is 6.92 Å². The lowest BCUT2D eigenvalue weighted by Gasteiger charge is -2.30. The van der Waals surface area contributed by atoms with Crippen molar-refractivity contribution < 1.29 is 0 Å². The molecule has 0 aromatic heterocycles. The Balaban J connectivity index is 2.90. The van der Waals surface area contributed by atoms with E-state index in [1.54, 1.807) is 12.2 Å². The molecule has 2 nitrogen and oxygen atoms in total. The Bertz CT molecular complexity index is 624. The maximum atomic E-state index is 4.17. The van der Waals surface area contributed by atoms with E-state index in [2.05, 4.69) is 49.7 Å². The van der Waals surface area contributed by atoms with Gasteiger partial charge in [0.05, 0.1) is 0 Å². The van der Waals surface area contributed by atoms with Crippen LogP contribution in [0.25, 0.3) is 0 Å². The first-order chi connectivity index (χ1) is 10.4. The topological polar surface area (TPSA) is 15.3 Å². The Morgan fingerprint density at radius 3 is 2.55 bits per heavy atom. The molecule has 0 aromatic rings. The molecule has 22 heavy (non-hydrogen) atoms. The predicted molar refractivity (Wildman–Crippen MR) is 97.8 cm³/mol. The van der Waals surface area contributed by atoms with Gasteiger partial charge in [0.2, 0.25) is 0 Å². The maximum Gasteiger partial charge on any atom is 0.0470 e. The van der Waals surface area contributed by atoms with Crippen molar-refractivity contribution in [3.63, 3.8) is 0 Å². The lowest BCUT2D eigenvalue weighted by atomic mass is 10.0. The van der Waals surface area contributed by atoms with E-state index in [0.29, 0.717) is 12.2 Å². The van der Waals surface area contributed by atoms with Gasteiger partial charge in [-0.2, -0.15) is 0 Å². The first-order valence-electron chi connectivity index (χ1n) is 6.99. The second-order valence-electron chi connectivity index (χ2n) is 5.09. The molecule has 0 atom stereocenters. The van der Waals surface area contributed by atoms with E-state index in [0.717, 1.165) is 28.1 Å². The monoisotopic (exact) mass is 292 g/mol. The molecule has 114 valence electrons. The van der Waals surface area contributed by atoms with E-state index in [-0.39, 0.29) is 0 Å².